The van der Waals surface area contributed by atoms with Crippen LogP contribution in [0.1, 0.15) is 5.56 Å². The van der Waals surface area contributed by atoms with Crippen molar-refractivity contribution in [1.82, 2.24) is 0 Å². The van der Waals surface area contributed by atoms with Gasteiger partial charge in [0.05, 0.1) is 0 Å². The molecule has 0 heterocycles. The highest BCUT2D eigenvalue weighted by Crippen LogP contribution is 2.22. The van der Waals surface area contributed by atoms with Crippen molar-refractivity contribution < 1.29 is 4.74 Å². The standard InChI is InChI=1S/C14H11NO/c1-2-11-6-8-13(9-7-11)16-14-5-3-4-12(15)10-14/h1,3-10H,15H2. The van der Waals surface area contributed by atoms with Gasteiger partial charge in [-0.15, -0.1) is 6.42 Å². The summed E-state index contributed by atoms with van der Waals surface area (Å²) in [5.41, 5.74) is 7.16. The monoisotopic (exact) mass is 209 g/mol. The number of nitrogens with two attached hydrogens (primary N) is 1. The van der Waals surface area contributed by atoms with E-state index in [0.29, 0.717) is 11.4 Å². The van der Waals surface area contributed by atoms with Crippen LogP contribution >= 0.6 is 0 Å². The predicted molar refractivity (Wildman–Crippen MR) is 65.3 cm³/mol. The third-order valence-electron chi connectivity index (χ3n) is 2.11. The Labute approximate surface area is 94.7 Å². The van der Waals surface area contributed by atoms with Crippen LogP contribution in [-0.4, -0.2) is 0 Å². The summed E-state index contributed by atoms with van der Waals surface area (Å²) in [5.74, 6) is 4.01. The first-order valence-corrected chi connectivity index (χ1v) is 4.88. The number of rotatable bonds is 2. The Balaban J connectivity index is 2.18. The second-order valence-corrected chi connectivity index (χ2v) is 3.34. The van der Waals surface area contributed by atoms with Crippen LogP contribution in [0.3, 0.4) is 0 Å². The average molecular weight is 209 g/mol. The molecule has 0 atom stereocenters. The second-order valence-electron chi connectivity index (χ2n) is 3.34. The lowest BCUT2D eigenvalue weighted by atomic mass is 10.2. The van der Waals surface area contributed by atoms with Crippen molar-refractivity contribution in [2.75, 3.05) is 5.73 Å². The van der Waals surface area contributed by atoms with Crippen LogP contribution in [-0.2, 0) is 0 Å². The van der Waals surface area contributed by atoms with E-state index in [1.165, 1.54) is 0 Å². The quantitative estimate of drug-likeness (QED) is 0.609. The molecule has 2 nitrogen and oxygen atoms in total. The summed E-state index contributed by atoms with van der Waals surface area (Å²) in [4.78, 5) is 0. The lowest BCUT2D eigenvalue weighted by Gasteiger charge is -2.05. The molecule has 0 spiro atoms. The Morgan fingerprint density at radius 3 is 2.38 bits per heavy atom. The van der Waals surface area contributed by atoms with Gasteiger partial charge in [-0.1, -0.05) is 12.0 Å². The van der Waals surface area contributed by atoms with Gasteiger partial charge in [-0.3, -0.25) is 0 Å². The van der Waals surface area contributed by atoms with E-state index < -0.39 is 0 Å². The fourth-order valence-electron chi connectivity index (χ4n) is 1.33. The smallest absolute Gasteiger partial charge is 0.129 e. The molecule has 2 aromatic carbocycles. The third kappa shape index (κ3) is 2.34. The first-order valence-electron chi connectivity index (χ1n) is 4.88. The number of ether oxygens (including phenoxy) is 1. The highest BCUT2D eigenvalue weighted by atomic mass is 16.5. The van der Waals surface area contributed by atoms with Gasteiger partial charge < -0.3 is 10.5 Å². The molecule has 0 saturated heterocycles. The molecule has 0 fully saturated rings. The average Bonchev–Trinajstić information content (AvgIpc) is 2.30. The van der Waals surface area contributed by atoms with Crippen LogP contribution < -0.4 is 10.5 Å². The van der Waals surface area contributed by atoms with Gasteiger partial charge >= 0.3 is 0 Å². The number of hydrogen-bond acceptors (Lipinski definition) is 2. The molecule has 16 heavy (non-hydrogen) atoms. The molecule has 2 N–H and O–H groups in total. The third-order valence-corrected chi connectivity index (χ3v) is 2.11. The molecule has 0 amide bonds. The lowest BCUT2D eigenvalue weighted by molar-refractivity contribution is 0.483. The van der Waals surface area contributed by atoms with Gasteiger partial charge in [0, 0.05) is 17.3 Å². The van der Waals surface area contributed by atoms with E-state index in [0.717, 1.165) is 11.3 Å². The molecule has 0 aliphatic carbocycles. The summed E-state index contributed by atoms with van der Waals surface area (Å²) < 4.78 is 5.61. The zero-order valence-electron chi connectivity index (χ0n) is 8.68. The minimum absolute atomic E-state index is 0.678. The van der Waals surface area contributed by atoms with E-state index in [2.05, 4.69) is 5.92 Å². The number of hydrogen-bond donors (Lipinski definition) is 1. The first kappa shape index (κ1) is 10.1. The summed E-state index contributed by atoms with van der Waals surface area (Å²) >= 11 is 0. The van der Waals surface area contributed by atoms with Crippen molar-refractivity contribution in [2.45, 2.75) is 0 Å². The molecule has 0 aliphatic heterocycles. The number of terminal acetylenes is 1. The van der Waals surface area contributed by atoms with Crippen molar-refractivity contribution >= 4 is 5.69 Å². The van der Waals surface area contributed by atoms with Gasteiger partial charge in [-0.2, -0.15) is 0 Å². The Morgan fingerprint density at radius 1 is 1.00 bits per heavy atom. The second kappa shape index (κ2) is 4.41. The molecule has 2 heteroatoms. The summed E-state index contributed by atoms with van der Waals surface area (Å²) in [6.45, 7) is 0. The Hall–Kier alpha value is -2.40. The van der Waals surface area contributed by atoms with Crippen LogP contribution in [0.15, 0.2) is 48.5 Å². The molecule has 0 radical (unpaired) electrons. The largest absolute Gasteiger partial charge is 0.457 e. The fraction of sp³-hybridized carbons (Fsp3) is 0. The summed E-state index contributed by atoms with van der Waals surface area (Å²) in [6.07, 6.45) is 5.26. The molecule has 0 bridgehead atoms. The van der Waals surface area contributed by atoms with Crippen molar-refractivity contribution in [3.63, 3.8) is 0 Å². The van der Waals surface area contributed by atoms with Crippen molar-refractivity contribution in [3.05, 3.63) is 54.1 Å². The molecular weight excluding hydrogens is 198 g/mol. The van der Waals surface area contributed by atoms with Gasteiger partial charge in [0.1, 0.15) is 11.5 Å². The van der Waals surface area contributed by atoms with Crippen LogP contribution in [0.25, 0.3) is 0 Å². The molecule has 2 rings (SSSR count). The van der Waals surface area contributed by atoms with E-state index in [4.69, 9.17) is 16.9 Å². The zero-order chi connectivity index (χ0) is 11.4. The van der Waals surface area contributed by atoms with Gasteiger partial charge in [0.2, 0.25) is 0 Å². The van der Waals surface area contributed by atoms with Crippen molar-refractivity contribution in [1.29, 1.82) is 0 Å². The van der Waals surface area contributed by atoms with E-state index in [9.17, 15) is 0 Å². The van der Waals surface area contributed by atoms with Crippen LogP contribution in [0, 0.1) is 12.3 Å². The van der Waals surface area contributed by atoms with E-state index in [1.54, 1.807) is 6.07 Å². The van der Waals surface area contributed by atoms with Crippen LogP contribution in [0.4, 0.5) is 5.69 Å². The van der Waals surface area contributed by atoms with Gasteiger partial charge in [-0.25, -0.2) is 0 Å². The van der Waals surface area contributed by atoms with Crippen LogP contribution in [0.5, 0.6) is 11.5 Å². The number of benzene rings is 2. The highest BCUT2D eigenvalue weighted by molar-refractivity contribution is 5.45. The maximum Gasteiger partial charge on any atom is 0.129 e. The Bertz CT molecular complexity index is 523. The van der Waals surface area contributed by atoms with Gasteiger partial charge in [0.15, 0.2) is 0 Å². The highest BCUT2D eigenvalue weighted by Gasteiger charge is 1.97. The first-order chi connectivity index (χ1) is 7.78. The minimum Gasteiger partial charge on any atom is -0.457 e. The van der Waals surface area contributed by atoms with Crippen LogP contribution in [0.2, 0.25) is 0 Å². The maximum absolute atomic E-state index is 5.65. The maximum atomic E-state index is 5.65. The normalized spacial score (nSPS) is 9.44. The van der Waals surface area contributed by atoms with E-state index >= 15 is 0 Å². The molecule has 2 aromatic rings. The molecule has 0 aromatic heterocycles. The summed E-state index contributed by atoms with van der Waals surface area (Å²) in [6, 6.07) is 14.6. The van der Waals surface area contributed by atoms with Gasteiger partial charge in [-0.05, 0) is 36.4 Å². The number of anilines is 1. The predicted octanol–water partition coefficient (Wildman–Crippen LogP) is 3.04. The van der Waals surface area contributed by atoms with Crippen molar-refractivity contribution in [3.8, 4) is 23.8 Å². The van der Waals surface area contributed by atoms with E-state index in [-0.39, 0.29) is 0 Å². The summed E-state index contributed by atoms with van der Waals surface area (Å²) in [7, 11) is 0. The summed E-state index contributed by atoms with van der Waals surface area (Å²) in [5, 5.41) is 0. The molecule has 78 valence electrons. The molecule has 0 saturated carbocycles. The topological polar surface area (TPSA) is 35.2 Å². The SMILES string of the molecule is C#Cc1ccc(Oc2cccc(N)c2)cc1. The Kier molecular flexibility index (Phi) is 2.79. The fourth-order valence-corrected chi connectivity index (χ4v) is 1.33. The number of nitrogen functional groups attached to an aromatic ring is 1. The molecule has 0 aliphatic rings. The van der Waals surface area contributed by atoms with Crippen molar-refractivity contribution in [2.24, 2.45) is 0 Å². The Morgan fingerprint density at radius 2 is 1.75 bits per heavy atom. The lowest BCUT2D eigenvalue weighted by Crippen LogP contribution is -1.87. The molecular formula is C14H11NO. The minimum atomic E-state index is 0.678. The zero-order valence-corrected chi connectivity index (χ0v) is 8.68. The van der Waals surface area contributed by atoms with Gasteiger partial charge in [0.25, 0.3) is 0 Å². The molecule has 0 unspecified atom stereocenters. The van der Waals surface area contributed by atoms with E-state index in [1.807, 2.05) is 42.5 Å².